The molecule has 124 valence electrons. The third kappa shape index (κ3) is 3.21. The van der Waals surface area contributed by atoms with Gasteiger partial charge in [0.1, 0.15) is 16.4 Å². The zero-order valence-corrected chi connectivity index (χ0v) is 14.3. The Morgan fingerprint density at radius 1 is 1.23 bits per heavy atom. The number of sulfonamides is 1. The summed E-state index contributed by atoms with van der Waals surface area (Å²) in [6, 6.07) is 3.91. The molecule has 1 saturated heterocycles. The molecule has 1 aliphatic heterocycles. The first-order valence-corrected chi connectivity index (χ1v) is 9.88. The SMILES string of the molecule is COc1ccc(OC)c(S(=O)(=O)N(C)[C@H]2CCS(=O)(=O)C2)c1. The molecule has 1 heterocycles. The second kappa shape index (κ2) is 6.05. The Morgan fingerprint density at radius 3 is 2.41 bits per heavy atom. The average Bonchev–Trinajstić information content (AvgIpc) is 2.85. The van der Waals surface area contributed by atoms with E-state index in [4.69, 9.17) is 9.47 Å². The molecule has 0 aliphatic carbocycles. The van der Waals surface area contributed by atoms with E-state index in [0.717, 1.165) is 4.31 Å². The van der Waals surface area contributed by atoms with E-state index in [-0.39, 0.29) is 22.2 Å². The van der Waals surface area contributed by atoms with Gasteiger partial charge in [0.2, 0.25) is 10.0 Å². The predicted octanol–water partition coefficient (Wildman–Crippen LogP) is 0.511. The van der Waals surface area contributed by atoms with Crippen LogP contribution in [-0.2, 0) is 19.9 Å². The van der Waals surface area contributed by atoms with E-state index in [0.29, 0.717) is 12.2 Å². The van der Waals surface area contributed by atoms with Crippen molar-refractivity contribution in [1.29, 1.82) is 0 Å². The first kappa shape index (κ1) is 17.0. The van der Waals surface area contributed by atoms with Crippen LogP contribution in [0.2, 0.25) is 0 Å². The van der Waals surface area contributed by atoms with Crippen LogP contribution in [0.3, 0.4) is 0 Å². The third-order valence-electron chi connectivity index (χ3n) is 3.75. The van der Waals surface area contributed by atoms with Crippen molar-refractivity contribution in [2.24, 2.45) is 0 Å². The van der Waals surface area contributed by atoms with Crippen LogP contribution in [0.15, 0.2) is 23.1 Å². The van der Waals surface area contributed by atoms with Crippen LogP contribution in [0.1, 0.15) is 6.42 Å². The number of rotatable bonds is 5. The lowest BCUT2D eigenvalue weighted by atomic mass is 10.3. The minimum atomic E-state index is -3.88. The Labute approximate surface area is 130 Å². The average molecular weight is 349 g/mol. The van der Waals surface area contributed by atoms with E-state index >= 15 is 0 Å². The number of nitrogens with zero attached hydrogens (tertiary/aromatic N) is 1. The molecule has 0 unspecified atom stereocenters. The molecule has 9 heteroatoms. The number of methoxy groups -OCH3 is 2. The topological polar surface area (TPSA) is 90.0 Å². The van der Waals surface area contributed by atoms with Crippen molar-refractivity contribution in [3.05, 3.63) is 18.2 Å². The normalized spacial score (nSPS) is 21.0. The van der Waals surface area contributed by atoms with Crippen LogP contribution in [0.5, 0.6) is 11.5 Å². The zero-order chi connectivity index (χ0) is 16.5. The second-order valence-corrected chi connectivity index (χ2v) is 9.29. The molecule has 0 radical (unpaired) electrons. The van der Waals surface area contributed by atoms with E-state index in [9.17, 15) is 16.8 Å². The summed E-state index contributed by atoms with van der Waals surface area (Å²) in [5, 5.41) is 0. The van der Waals surface area contributed by atoms with Gasteiger partial charge in [0, 0.05) is 19.2 Å². The molecule has 0 N–H and O–H groups in total. The highest BCUT2D eigenvalue weighted by Crippen LogP contribution is 2.32. The van der Waals surface area contributed by atoms with Crippen molar-refractivity contribution >= 4 is 19.9 Å². The molecule has 22 heavy (non-hydrogen) atoms. The molecule has 0 saturated carbocycles. The Balaban J connectivity index is 2.42. The van der Waals surface area contributed by atoms with Gasteiger partial charge in [0.05, 0.1) is 25.7 Å². The van der Waals surface area contributed by atoms with E-state index in [2.05, 4.69) is 0 Å². The summed E-state index contributed by atoms with van der Waals surface area (Å²) in [7, 11) is -2.86. The number of hydrogen-bond donors (Lipinski definition) is 0. The summed E-state index contributed by atoms with van der Waals surface area (Å²) >= 11 is 0. The molecular formula is C13H19NO6S2. The van der Waals surface area contributed by atoms with Gasteiger partial charge in [-0.15, -0.1) is 0 Å². The van der Waals surface area contributed by atoms with E-state index in [1.165, 1.54) is 33.4 Å². The molecule has 1 aromatic rings. The quantitative estimate of drug-likeness (QED) is 0.769. The molecule has 0 amide bonds. The largest absolute Gasteiger partial charge is 0.497 e. The highest BCUT2D eigenvalue weighted by Gasteiger charge is 2.37. The lowest BCUT2D eigenvalue weighted by molar-refractivity contribution is 0.375. The van der Waals surface area contributed by atoms with Crippen LogP contribution in [0.25, 0.3) is 0 Å². The van der Waals surface area contributed by atoms with Crippen LogP contribution in [0.4, 0.5) is 0 Å². The van der Waals surface area contributed by atoms with Crippen LogP contribution in [0, 0.1) is 0 Å². The highest BCUT2D eigenvalue weighted by atomic mass is 32.2. The van der Waals surface area contributed by atoms with Gasteiger partial charge in [-0.05, 0) is 18.6 Å². The van der Waals surface area contributed by atoms with Gasteiger partial charge in [-0.1, -0.05) is 0 Å². The van der Waals surface area contributed by atoms with Crippen molar-refractivity contribution < 1.29 is 26.3 Å². The molecule has 0 bridgehead atoms. The molecule has 7 nitrogen and oxygen atoms in total. The van der Waals surface area contributed by atoms with Crippen molar-refractivity contribution in [2.75, 3.05) is 32.8 Å². The van der Waals surface area contributed by atoms with Gasteiger partial charge in [-0.2, -0.15) is 4.31 Å². The van der Waals surface area contributed by atoms with Crippen LogP contribution in [-0.4, -0.2) is 60.0 Å². The molecule has 2 rings (SSSR count). The molecule has 1 fully saturated rings. The van der Waals surface area contributed by atoms with E-state index in [1.54, 1.807) is 6.07 Å². The molecular weight excluding hydrogens is 330 g/mol. The maximum atomic E-state index is 12.8. The zero-order valence-electron chi connectivity index (χ0n) is 12.6. The van der Waals surface area contributed by atoms with Gasteiger partial charge in [-0.25, -0.2) is 16.8 Å². The second-order valence-electron chi connectivity index (χ2n) is 5.09. The number of benzene rings is 1. The third-order valence-corrected chi connectivity index (χ3v) is 7.43. The molecule has 1 atom stereocenters. The van der Waals surface area contributed by atoms with Gasteiger partial charge >= 0.3 is 0 Å². The van der Waals surface area contributed by atoms with E-state index < -0.39 is 25.9 Å². The highest BCUT2D eigenvalue weighted by molar-refractivity contribution is 7.92. The fourth-order valence-corrected chi connectivity index (χ4v) is 5.82. The first-order valence-electron chi connectivity index (χ1n) is 6.62. The minimum absolute atomic E-state index is 0.00672. The Bertz CT molecular complexity index is 757. The first-order chi connectivity index (χ1) is 10.2. The summed E-state index contributed by atoms with van der Waals surface area (Å²) in [6.45, 7) is 0. The summed E-state index contributed by atoms with van der Waals surface area (Å²) < 4.78 is 59.9. The maximum absolute atomic E-state index is 12.8. The fourth-order valence-electron chi connectivity index (χ4n) is 2.40. The van der Waals surface area contributed by atoms with Crippen LogP contribution >= 0.6 is 0 Å². The van der Waals surface area contributed by atoms with Gasteiger partial charge < -0.3 is 9.47 Å². The van der Waals surface area contributed by atoms with Gasteiger partial charge in [-0.3, -0.25) is 0 Å². The lowest BCUT2D eigenvalue weighted by Crippen LogP contribution is -2.37. The van der Waals surface area contributed by atoms with Gasteiger partial charge in [0.15, 0.2) is 9.84 Å². The summed E-state index contributed by atoms with van der Waals surface area (Å²) in [4.78, 5) is -0.0406. The maximum Gasteiger partial charge on any atom is 0.246 e. The minimum Gasteiger partial charge on any atom is -0.497 e. The predicted molar refractivity (Wildman–Crippen MR) is 81.6 cm³/mol. The number of ether oxygens (including phenoxy) is 2. The van der Waals surface area contributed by atoms with E-state index in [1.807, 2.05) is 0 Å². The van der Waals surface area contributed by atoms with Crippen molar-refractivity contribution in [1.82, 2.24) is 4.31 Å². The summed E-state index contributed by atoms with van der Waals surface area (Å²) in [5.41, 5.74) is 0. The lowest BCUT2D eigenvalue weighted by Gasteiger charge is -2.24. The molecule has 0 spiro atoms. The molecule has 1 aromatic carbocycles. The number of hydrogen-bond acceptors (Lipinski definition) is 6. The molecule has 0 aromatic heterocycles. The summed E-state index contributed by atoms with van der Waals surface area (Å²) in [6.07, 6.45) is 0.296. The van der Waals surface area contributed by atoms with Gasteiger partial charge in [0.25, 0.3) is 0 Å². The monoisotopic (exact) mass is 349 g/mol. The Kier molecular flexibility index (Phi) is 4.69. The van der Waals surface area contributed by atoms with Crippen molar-refractivity contribution in [3.63, 3.8) is 0 Å². The Morgan fingerprint density at radius 2 is 1.91 bits per heavy atom. The standard InChI is InChI=1S/C13H19NO6S2/c1-14(10-6-7-21(15,16)9-10)22(17,18)13-8-11(19-2)4-5-12(13)20-3/h4-5,8,10H,6-7,9H2,1-3H3/t10-/m0/s1. The summed E-state index contributed by atoms with van der Waals surface area (Å²) in [5.74, 6) is 0.419. The Hall–Kier alpha value is -1.32. The molecule has 1 aliphatic rings. The van der Waals surface area contributed by atoms with Crippen LogP contribution < -0.4 is 9.47 Å². The number of sulfone groups is 1. The van der Waals surface area contributed by atoms with Crippen molar-refractivity contribution in [2.45, 2.75) is 17.4 Å². The smallest absolute Gasteiger partial charge is 0.246 e. The van der Waals surface area contributed by atoms with Crippen molar-refractivity contribution in [3.8, 4) is 11.5 Å². The fraction of sp³-hybridized carbons (Fsp3) is 0.538.